The zero-order valence-electron chi connectivity index (χ0n) is 8.13. The Bertz CT molecular complexity index is 216. The fourth-order valence-corrected chi connectivity index (χ4v) is 1.56. The van der Waals surface area contributed by atoms with Crippen molar-refractivity contribution in [3.05, 3.63) is 11.8 Å². The molecule has 0 amide bonds. The van der Waals surface area contributed by atoms with Gasteiger partial charge < -0.3 is 4.74 Å². The molecule has 1 rings (SSSR count). The topological polar surface area (TPSA) is 26.3 Å². The molecular weight excluding hydrogens is 152 g/mol. The first kappa shape index (κ1) is 9.30. The number of ketones is 1. The van der Waals surface area contributed by atoms with Crippen molar-refractivity contribution in [3.63, 3.8) is 0 Å². The standard InChI is InChI=1S/C10H16O2/c1-6(2)10-8(4)9(11)5-7(3)12-10/h5-6,8,10H,1-4H3. The molecule has 2 unspecified atom stereocenters. The van der Waals surface area contributed by atoms with Gasteiger partial charge in [-0.1, -0.05) is 20.8 Å². The van der Waals surface area contributed by atoms with E-state index < -0.39 is 0 Å². The van der Waals surface area contributed by atoms with Gasteiger partial charge in [0, 0.05) is 6.08 Å². The SMILES string of the molecule is CC1=CC(=O)C(C)C(C(C)C)O1. The summed E-state index contributed by atoms with van der Waals surface area (Å²) in [5.41, 5.74) is 0. The maximum absolute atomic E-state index is 11.4. The maximum Gasteiger partial charge on any atom is 0.165 e. The Labute approximate surface area is 73.6 Å². The second kappa shape index (κ2) is 3.30. The molecule has 0 aromatic rings. The van der Waals surface area contributed by atoms with Crippen molar-refractivity contribution in [3.8, 4) is 0 Å². The number of rotatable bonds is 1. The Kier molecular flexibility index (Phi) is 2.55. The largest absolute Gasteiger partial charge is 0.494 e. The molecule has 0 radical (unpaired) electrons. The van der Waals surface area contributed by atoms with Crippen LogP contribution >= 0.6 is 0 Å². The molecule has 1 heterocycles. The Morgan fingerprint density at radius 2 is 2.08 bits per heavy atom. The summed E-state index contributed by atoms with van der Waals surface area (Å²) >= 11 is 0. The molecule has 0 bridgehead atoms. The van der Waals surface area contributed by atoms with Crippen molar-refractivity contribution in [2.24, 2.45) is 11.8 Å². The van der Waals surface area contributed by atoms with E-state index in [1.165, 1.54) is 0 Å². The molecule has 0 N–H and O–H groups in total. The van der Waals surface area contributed by atoms with Gasteiger partial charge in [0.1, 0.15) is 6.10 Å². The molecule has 0 aromatic carbocycles. The molecule has 2 nitrogen and oxygen atoms in total. The van der Waals surface area contributed by atoms with E-state index in [2.05, 4.69) is 13.8 Å². The van der Waals surface area contributed by atoms with Crippen LogP contribution in [0.5, 0.6) is 0 Å². The molecule has 0 saturated carbocycles. The normalized spacial score (nSPS) is 30.1. The number of hydrogen-bond donors (Lipinski definition) is 0. The van der Waals surface area contributed by atoms with Gasteiger partial charge in [-0.25, -0.2) is 0 Å². The van der Waals surface area contributed by atoms with Gasteiger partial charge >= 0.3 is 0 Å². The average molecular weight is 168 g/mol. The van der Waals surface area contributed by atoms with Crippen molar-refractivity contribution in [1.29, 1.82) is 0 Å². The molecular formula is C10H16O2. The predicted octanol–water partition coefficient (Wildman–Crippen LogP) is 2.15. The predicted molar refractivity (Wildman–Crippen MR) is 47.6 cm³/mol. The summed E-state index contributed by atoms with van der Waals surface area (Å²) in [6.45, 7) is 7.91. The van der Waals surface area contributed by atoms with Crippen LogP contribution in [0.2, 0.25) is 0 Å². The van der Waals surface area contributed by atoms with Crippen LogP contribution in [-0.2, 0) is 9.53 Å². The second-order valence-corrected chi connectivity index (χ2v) is 3.77. The monoisotopic (exact) mass is 168 g/mol. The van der Waals surface area contributed by atoms with Crippen LogP contribution in [0.1, 0.15) is 27.7 Å². The molecule has 2 heteroatoms. The van der Waals surface area contributed by atoms with Gasteiger partial charge in [0.05, 0.1) is 11.7 Å². The van der Waals surface area contributed by atoms with E-state index >= 15 is 0 Å². The van der Waals surface area contributed by atoms with Crippen LogP contribution in [0.25, 0.3) is 0 Å². The minimum Gasteiger partial charge on any atom is -0.494 e. The van der Waals surface area contributed by atoms with E-state index in [-0.39, 0.29) is 17.8 Å². The van der Waals surface area contributed by atoms with Gasteiger partial charge in [0.25, 0.3) is 0 Å². The van der Waals surface area contributed by atoms with Gasteiger partial charge in [-0.2, -0.15) is 0 Å². The highest BCUT2D eigenvalue weighted by Crippen LogP contribution is 2.25. The molecule has 0 aliphatic carbocycles. The molecule has 0 spiro atoms. The van der Waals surface area contributed by atoms with Crippen LogP contribution in [0.3, 0.4) is 0 Å². The Morgan fingerprint density at radius 3 is 2.58 bits per heavy atom. The van der Waals surface area contributed by atoms with Gasteiger partial charge in [-0.05, 0) is 12.8 Å². The Morgan fingerprint density at radius 1 is 1.50 bits per heavy atom. The minimum atomic E-state index is 0.00806. The van der Waals surface area contributed by atoms with Crippen LogP contribution in [-0.4, -0.2) is 11.9 Å². The Balaban J connectivity index is 2.81. The van der Waals surface area contributed by atoms with E-state index in [0.717, 1.165) is 5.76 Å². The Hall–Kier alpha value is -0.790. The number of carbonyl (C=O) groups excluding carboxylic acids is 1. The molecule has 0 aromatic heterocycles. The third-order valence-electron chi connectivity index (χ3n) is 2.27. The van der Waals surface area contributed by atoms with E-state index in [4.69, 9.17) is 4.74 Å². The molecule has 0 saturated heterocycles. The van der Waals surface area contributed by atoms with Crippen LogP contribution in [0.4, 0.5) is 0 Å². The lowest BCUT2D eigenvalue weighted by Crippen LogP contribution is -2.35. The zero-order valence-corrected chi connectivity index (χ0v) is 8.13. The number of allylic oxidation sites excluding steroid dienone is 2. The van der Waals surface area contributed by atoms with Crippen molar-refractivity contribution < 1.29 is 9.53 Å². The van der Waals surface area contributed by atoms with Gasteiger partial charge in [0.15, 0.2) is 5.78 Å². The van der Waals surface area contributed by atoms with Crippen molar-refractivity contribution in [2.75, 3.05) is 0 Å². The number of hydrogen-bond acceptors (Lipinski definition) is 2. The summed E-state index contributed by atoms with van der Waals surface area (Å²) in [7, 11) is 0. The summed E-state index contributed by atoms with van der Waals surface area (Å²) in [5.74, 6) is 1.34. The third kappa shape index (κ3) is 1.68. The average Bonchev–Trinajstić information content (AvgIpc) is 1.96. The second-order valence-electron chi connectivity index (χ2n) is 3.77. The molecule has 1 aliphatic heterocycles. The fourth-order valence-electron chi connectivity index (χ4n) is 1.56. The third-order valence-corrected chi connectivity index (χ3v) is 2.27. The molecule has 12 heavy (non-hydrogen) atoms. The molecule has 2 atom stereocenters. The highest BCUT2D eigenvalue weighted by atomic mass is 16.5. The van der Waals surface area contributed by atoms with Crippen molar-refractivity contribution in [1.82, 2.24) is 0 Å². The quantitative estimate of drug-likeness (QED) is 0.599. The maximum atomic E-state index is 11.4. The van der Waals surface area contributed by atoms with Gasteiger partial charge in [-0.3, -0.25) is 4.79 Å². The van der Waals surface area contributed by atoms with E-state index in [1.807, 2.05) is 13.8 Å². The van der Waals surface area contributed by atoms with Crippen LogP contribution in [0, 0.1) is 11.8 Å². The first-order chi connectivity index (χ1) is 5.52. The lowest BCUT2D eigenvalue weighted by atomic mass is 9.89. The molecule has 0 fully saturated rings. The van der Waals surface area contributed by atoms with Crippen LogP contribution < -0.4 is 0 Å². The lowest BCUT2D eigenvalue weighted by Gasteiger charge is -2.30. The summed E-state index contributed by atoms with van der Waals surface area (Å²) in [6, 6.07) is 0. The smallest absolute Gasteiger partial charge is 0.165 e. The first-order valence-corrected chi connectivity index (χ1v) is 4.41. The highest BCUT2D eigenvalue weighted by molar-refractivity contribution is 5.92. The van der Waals surface area contributed by atoms with E-state index in [0.29, 0.717) is 5.92 Å². The summed E-state index contributed by atoms with van der Waals surface area (Å²) in [6.07, 6.45) is 1.64. The highest BCUT2D eigenvalue weighted by Gasteiger charge is 2.30. The summed E-state index contributed by atoms with van der Waals surface area (Å²) in [4.78, 5) is 11.4. The van der Waals surface area contributed by atoms with E-state index in [1.54, 1.807) is 6.08 Å². The molecule has 1 aliphatic rings. The molecule has 68 valence electrons. The zero-order chi connectivity index (χ0) is 9.30. The lowest BCUT2D eigenvalue weighted by molar-refractivity contribution is -0.125. The minimum absolute atomic E-state index is 0.00806. The summed E-state index contributed by atoms with van der Waals surface area (Å²) < 4.78 is 5.57. The summed E-state index contributed by atoms with van der Waals surface area (Å²) in [5, 5.41) is 0. The fraction of sp³-hybridized carbons (Fsp3) is 0.700. The van der Waals surface area contributed by atoms with Gasteiger partial charge in [0.2, 0.25) is 0 Å². The van der Waals surface area contributed by atoms with Crippen molar-refractivity contribution in [2.45, 2.75) is 33.8 Å². The van der Waals surface area contributed by atoms with E-state index in [9.17, 15) is 4.79 Å². The van der Waals surface area contributed by atoms with Gasteiger partial charge in [-0.15, -0.1) is 0 Å². The van der Waals surface area contributed by atoms with Crippen LogP contribution in [0.15, 0.2) is 11.8 Å². The first-order valence-electron chi connectivity index (χ1n) is 4.41. The number of ether oxygens (including phenoxy) is 1. The number of carbonyl (C=O) groups is 1. The van der Waals surface area contributed by atoms with Crippen molar-refractivity contribution >= 4 is 5.78 Å².